The molecule has 1 aromatic carbocycles. The Morgan fingerprint density at radius 1 is 1.48 bits per heavy atom. The minimum Gasteiger partial charge on any atom is -0.383 e. The monoisotopic (exact) mass is 306 g/mol. The Balaban J connectivity index is 2.04. The van der Waals surface area contributed by atoms with Gasteiger partial charge >= 0.3 is 0 Å². The molecule has 1 heterocycles. The van der Waals surface area contributed by atoms with Gasteiger partial charge in [-0.1, -0.05) is 16.9 Å². The van der Waals surface area contributed by atoms with E-state index in [1.807, 2.05) is 19.1 Å². The summed E-state index contributed by atoms with van der Waals surface area (Å²) < 4.78 is 0. The number of nitrogens with one attached hydrogen (secondary N) is 2. The lowest BCUT2D eigenvalue weighted by Crippen LogP contribution is -2.28. The zero-order valence-electron chi connectivity index (χ0n) is 12.2. The quantitative estimate of drug-likeness (QED) is 0.838. The van der Waals surface area contributed by atoms with E-state index in [4.69, 9.17) is 0 Å². The Labute approximate surface area is 127 Å². The maximum atomic E-state index is 12.2. The summed E-state index contributed by atoms with van der Waals surface area (Å²) in [7, 11) is 0. The zero-order valence-corrected chi connectivity index (χ0v) is 13.0. The molecule has 0 saturated heterocycles. The minimum absolute atomic E-state index is 0.221. The highest BCUT2D eigenvalue weighted by molar-refractivity contribution is 8.14. The summed E-state index contributed by atoms with van der Waals surface area (Å²) in [6, 6.07) is 5.93. The van der Waals surface area contributed by atoms with Crippen molar-refractivity contribution in [2.24, 2.45) is 10.2 Å². The second-order valence-corrected chi connectivity index (χ2v) is 6.27. The molecule has 0 radical (unpaired) electrons. The first kappa shape index (κ1) is 15.5. The van der Waals surface area contributed by atoms with Gasteiger partial charge in [0.2, 0.25) is 0 Å². The third-order valence-corrected chi connectivity index (χ3v) is 3.86. The number of aryl methyl sites for hydroxylation is 1. The molecule has 1 atom stereocenters. The van der Waals surface area contributed by atoms with Crippen LogP contribution in [0.1, 0.15) is 29.8 Å². The molecule has 0 aliphatic carbocycles. The summed E-state index contributed by atoms with van der Waals surface area (Å²) in [5.74, 6) is -0.221. The highest BCUT2D eigenvalue weighted by Gasteiger charge is 2.22. The largest absolute Gasteiger partial charge is 0.383 e. The smallest absolute Gasteiger partial charge is 0.257 e. The lowest BCUT2D eigenvalue weighted by Gasteiger charge is -2.13. The topological polar surface area (TPSA) is 82.9 Å². The molecule has 0 aromatic heterocycles. The summed E-state index contributed by atoms with van der Waals surface area (Å²) in [4.78, 5) is 26.7. The first-order chi connectivity index (χ1) is 9.99. The number of carbonyl (C=O) groups excluding carboxylic acids is 1. The van der Waals surface area contributed by atoms with Gasteiger partial charge in [0.15, 0.2) is 10.5 Å². The van der Waals surface area contributed by atoms with Crippen LogP contribution in [0.3, 0.4) is 0 Å². The van der Waals surface area contributed by atoms with Crippen molar-refractivity contribution in [3.63, 3.8) is 0 Å². The second kappa shape index (κ2) is 6.71. The van der Waals surface area contributed by atoms with Gasteiger partial charge in [0.1, 0.15) is 0 Å². The fraction of sp³-hybridized carbons (Fsp3) is 0.429. The van der Waals surface area contributed by atoms with E-state index < -0.39 is 5.37 Å². The third-order valence-electron chi connectivity index (χ3n) is 2.90. The molecule has 21 heavy (non-hydrogen) atoms. The lowest BCUT2D eigenvalue weighted by atomic mass is 10.1. The summed E-state index contributed by atoms with van der Waals surface area (Å²) >= 11 is 1.18. The van der Waals surface area contributed by atoms with E-state index in [1.54, 1.807) is 6.07 Å². The Bertz CT molecular complexity index is 586. The molecular weight excluding hydrogens is 288 g/mol. The average Bonchev–Trinajstić information content (AvgIpc) is 2.85. The van der Waals surface area contributed by atoms with Crippen LogP contribution >= 0.6 is 11.8 Å². The molecule has 1 aromatic rings. The third kappa shape index (κ3) is 4.04. The molecule has 1 unspecified atom stereocenters. The van der Waals surface area contributed by atoms with E-state index in [2.05, 4.69) is 34.7 Å². The van der Waals surface area contributed by atoms with Crippen molar-refractivity contribution in [1.29, 1.82) is 0 Å². The van der Waals surface area contributed by atoms with Crippen LogP contribution in [0.25, 0.3) is 0 Å². The Morgan fingerprint density at radius 3 is 2.81 bits per heavy atom. The van der Waals surface area contributed by atoms with E-state index >= 15 is 0 Å². The van der Waals surface area contributed by atoms with Gasteiger partial charge in [0.05, 0.1) is 6.54 Å². The zero-order chi connectivity index (χ0) is 15.4. The van der Waals surface area contributed by atoms with Gasteiger partial charge in [-0.25, -0.2) is 0 Å². The normalized spacial score (nSPS) is 17.5. The van der Waals surface area contributed by atoms with E-state index in [-0.39, 0.29) is 5.91 Å². The maximum Gasteiger partial charge on any atom is 0.257 e. The molecule has 0 bridgehead atoms. The summed E-state index contributed by atoms with van der Waals surface area (Å²) in [5, 5.41) is 8.94. The van der Waals surface area contributed by atoms with Crippen molar-refractivity contribution in [3.8, 4) is 0 Å². The molecule has 112 valence electrons. The number of hydrogen-bond acceptors (Lipinski definition) is 6. The predicted octanol–water partition coefficient (Wildman–Crippen LogP) is 2.74. The first-order valence-corrected chi connectivity index (χ1v) is 7.59. The Kier molecular flexibility index (Phi) is 4.95. The van der Waals surface area contributed by atoms with Crippen molar-refractivity contribution < 1.29 is 4.79 Å². The number of amidine groups is 1. The van der Waals surface area contributed by atoms with Gasteiger partial charge in [-0.2, -0.15) is 0 Å². The van der Waals surface area contributed by atoms with Gasteiger partial charge in [-0.3, -0.25) is 9.79 Å². The number of rotatable bonds is 4. The molecule has 1 aliphatic heterocycles. The standard InChI is InChI=1S/C14H18N4O2S/c1-8(2)16-10-4-5-11(9(3)6-10)13(19)17-14-15-7-12(18-20)21-14/h4-6,8,12,16H,7H2,1-3H3,(H,15,17,19). The number of amides is 1. The van der Waals surface area contributed by atoms with Crippen LogP contribution in [0.5, 0.6) is 0 Å². The summed E-state index contributed by atoms with van der Waals surface area (Å²) in [6.07, 6.45) is 0. The second-order valence-electron chi connectivity index (χ2n) is 5.11. The first-order valence-electron chi connectivity index (χ1n) is 6.71. The van der Waals surface area contributed by atoms with E-state index in [0.717, 1.165) is 11.3 Å². The van der Waals surface area contributed by atoms with Crippen molar-refractivity contribution in [2.75, 3.05) is 11.9 Å². The van der Waals surface area contributed by atoms with E-state index in [0.29, 0.717) is 23.3 Å². The molecule has 1 amide bonds. The van der Waals surface area contributed by atoms with Crippen LogP contribution in [-0.4, -0.2) is 29.0 Å². The number of nitroso groups, excluding NO2 is 1. The maximum absolute atomic E-state index is 12.2. The summed E-state index contributed by atoms with van der Waals surface area (Å²) in [5.41, 5.74) is 2.46. The predicted molar refractivity (Wildman–Crippen MR) is 86.9 cm³/mol. The van der Waals surface area contributed by atoms with Crippen LogP contribution < -0.4 is 10.6 Å². The fourth-order valence-electron chi connectivity index (χ4n) is 1.99. The van der Waals surface area contributed by atoms with Gasteiger partial charge in [0.25, 0.3) is 5.91 Å². The van der Waals surface area contributed by atoms with Crippen molar-refractivity contribution in [1.82, 2.24) is 5.32 Å². The molecule has 2 N–H and O–H groups in total. The highest BCUT2D eigenvalue weighted by Crippen LogP contribution is 2.21. The van der Waals surface area contributed by atoms with Crippen LogP contribution in [0, 0.1) is 11.8 Å². The molecule has 0 spiro atoms. The Hall–Kier alpha value is -1.89. The van der Waals surface area contributed by atoms with Crippen molar-refractivity contribution >= 4 is 28.5 Å². The van der Waals surface area contributed by atoms with Crippen LogP contribution in [-0.2, 0) is 0 Å². The molecule has 2 rings (SSSR count). The van der Waals surface area contributed by atoms with E-state index in [1.165, 1.54) is 11.8 Å². The number of aliphatic imine (C=N–C) groups is 1. The fourth-order valence-corrected chi connectivity index (χ4v) is 2.74. The number of nitrogens with zero attached hydrogens (tertiary/aromatic N) is 2. The van der Waals surface area contributed by atoms with Crippen LogP contribution in [0.4, 0.5) is 5.69 Å². The average molecular weight is 306 g/mol. The van der Waals surface area contributed by atoms with Crippen LogP contribution in [0.15, 0.2) is 28.4 Å². The highest BCUT2D eigenvalue weighted by atomic mass is 32.2. The molecule has 7 heteroatoms. The van der Waals surface area contributed by atoms with Crippen molar-refractivity contribution in [2.45, 2.75) is 32.2 Å². The molecule has 1 aliphatic rings. The summed E-state index contributed by atoms with van der Waals surface area (Å²) in [6.45, 7) is 6.33. The number of carbonyl (C=O) groups is 1. The van der Waals surface area contributed by atoms with Crippen LogP contribution in [0.2, 0.25) is 0 Å². The number of thioether (sulfide) groups is 1. The molecule has 0 fully saturated rings. The van der Waals surface area contributed by atoms with E-state index in [9.17, 15) is 9.70 Å². The minimum atomic E-state index is -0.431. The molecular formula is C14H18N4O2S. The van der Waals surface area contributed by atoms with Gasteiger partial charge in [-0.15, -0.1) is 4.91 Å². The number of anilines is 1. The van der Waals surface area contributed by atoms with Crippen molar-refractivity contribution in [3.05, 3.63) is 34.2 Å². The van der Waals surface area contributed by atoms with Gasteiger partial charge in [-0.05, 0) is 44.5 Å². The van der Waals surface area contributed by atoms with Gasteiger partial charge in [0, 0.05) is 17.3 Å². The van der Waals surface area contributed by atoms with Gasteiger partial charge < -0.3 is 10.6 Å². The SMILES string of the molecule is Cc1cc(NC(C)C)ccc1C(=O)NC1=NCC(N=O)S1. The molecule has 0 saturated carbocycles. The molecule has 6 nitrogen and oxygen atoms in total. The Morgan fingerprint density at radius 2 is 2.24 bits per heavy atom. The number of hydrogen-bond donors (Lipinski definition) is 2. The number of benzene rings is 1. The lowest BCUT2D eigenvalue weighted by molar-refractivity contribution is 0.0977.